The van der Waals surface area contributed by atoms with Gasteiger partial charge in [-0.1, -0.05) is 6.07 Å². The van der Waals surface area contributed by atoms with Crippen LogP contribution in [0.15, 0.2) is 24.3 Å². The van der Waals surface area contributed by atoms with Gasteiger partial charge in [0.25, 0.3) is 0 Å². The van der Waals surface area contributed by atoms with Gasteiger partial charge in [-0.25, -0.2) is 4.79 Å². The van der Waals surface area contributed by atoms with Crippen molar-refractivity contribution < 1.29 is 32.6 Å². The molecule has 3 N–H and O–H groups in total. The maximum atomic E-state index is 12.3. The van der Waals surface area contributed by atoms with Crippen LogP contribution in [0.4, 0.5) is 23.7 Å². The van der Waals surface area contributed by atoms with Gasteiger partial charge in [0.15, 0.2) is 0 Å². The van der Waals surface area contributed by atoms with Gasteiger partial charge in [-0.3, -0.25) is 4.79 Å². The van der Waals surface area contributed by atoms with E-state index in [0.717, 1.165) is 0 Å². The fraction of sp³-hybridized carbons (Fsp3) is 0.467. The number of hydrogen-bond acceptors (Lipinski definition) is 4. The molecule has 1 atom stereocenters. The van der Waals surface area contributed by atoms with Crippen molar-refractivity contribution in [3.8, 4) is 5.75 Å². The Kier molecular flexibility index (Phi) is 5.94. The van der Waals surface area contributed by atoms with Crippen LogP contribution in [0, 0.1) is 0 Å². The van der Waals surface area contributed by atoms with Crippen molar-refractivity contribution in [3.05, 3.63) is 24.3 Å². The topological polar surface area (TPSA) is 90.9 Å². The minimum absolute atomic E-state index is 0.0222. The zero-order valence-electron chi connectivity index (χ0n) is 13.2. The third-order valence-corrected chi connectivity index (χ3v) is 3.56. The molecule has 0 aromatic heterocycles. The summed E-state index contributed by atoms with van der Waals surface area (Å²) in [5.41, 5.74) is 0.567. The smallest absolute Gasteiger partial charge is 0.481 e. The lowest BCUT2D eigenvalue weighted by Crippen LogP contribution is -2.43. The molecular weight excluding hydrogens is 343 g/mol. The second-order valence-corrected chi connectivity index (χ2v) is 5.52. The lowest BCUT2D eigenvalue weighted by molar-refractivity contribution is -0.274. The molecule has 2 rings (SSSR count). The highest BCUT2D eigenvalue weighted by Crippen LogP contribution is 2.28. The molecule has 10 heteroatoms. The van der Waals surface area contributed by atoms with Crippen molar-refractivity contribution in [3.63, 3.8) is 0 Å². The molecule has 0 aliphatic carbocycles. The number of carboxylic acid groups (broad SMARTS) is 1. The molecule has 1 aromatic carbocycles. The molecule has 1 saturated heterocycles. The van der Waals surface area contributed by atoms with Crippen LogP contribution < -0.4 is 20.3 Å². The van der Waals surface area contributed by atoms with Crippen LogP contribution in [0.3, 0.4) is 0 Å². The Labute approximate surface area is 141 Å². The summed E-state index contributed by atoms with van der Waals surface area (Å²) in [6.07, 6.45) is -4.30. The predicted octanol–water partition coefficient (Wildman–Crippen LogP) is 1.94. The highest BCUT2D eigenvalue weighted by atomic mass is 19.4. The molecule has 7 nitrogen and oxygen atoms in total. The van der Waals surface area contributed by atoms with Crippen LogP contribution in [-0.4, -0.2) is 49.1 Å². The minimum Gasteiger partial charge on any atom is -0.481 e. The highest BCUT2D eigenvalue weighted by Gasteiger charge is 2.31. The maximum absolute atomic E-state index is 12.3. The monoisotopic (exact) mass is 361 g/mol. The van der Waals surface area contributed by atoms with Gasteiger partial charge in [-0.15, -0.1) is 13.2 Å². The van der Waals surface area contributed by atoms with E-state index in [9.17, 15) is 22.8 Å². The van der Waals surface area contributed by atoms with Crippen LogP contribution in [0.25, 0.3) is 0 Å². The van der Waals surface area contributed by atoms with E-state index in [2.05, 4.69) is 15.4 Å². The number of alkyl halides is 3. The summed E-state index contributed by atoms with van der Waals surface area (Å²) in [5.74, 6) is -1.30. The number of carbonyl (C=O) groups is 2. The zero-order valence-corrected chi connectivity index (χ0v) is 13.2. The minimum atomic E-state index is -4.75. The first kappa shape index (κ1) is 18.7. The Morgan fingerprint density at radius 3 is 2.80 bits per heavy atom. The van der Waals surface area contributed by atoms with E-state index in [0.29, 0.717) is 25.2 Å². The average molecular weight is 361 g/mol. The van der Waals surface area contributed by atoms with Crippen LogP contribution in [0.1, 0.15) is 12.8 Å². The number of carbonyl (C=O) groups excluding carboxylic acids is 1. The molecule has 2 amide bonds. The molecule has 0 saturated carbocycles. The summed E-state index contributed by atoms with van der Waals surface area (Å²) in [6, 6.07) is 5.00. The van der Waals surface area contributed by atoms with Gasteiger partial charge in [0.05, 0.1) is 6.42 Å². The fourth-order valence-electron chi connectivity index (χ4n) is 2.51. The van der Waals surface area contributed by atoms with Gasteiger partial charge in [-0.2, -0.15) is 0 Å². The number of nitrogens with one attached hydrogen (secondary N) is 2. The standard InChI is InChI=1S/C15H18F3N3O4/c16-15(17,18)25-12-3-1-2-11(8-12)21-7-5-10(9-21)20-14(24)19-6-4-13(22)23/h1-3,8,10H,4-7,9H2,(H,22,23)(H2,19,20,24). The van der Waals surface area contributed by atoms with Crippen molar-refractivity contribution in [2.45, 2.75) is 25.2 Å². The summed E-state index contributed by atoms with van der Waals surface area (Å²) in [7, 11) is 0. The molecule has 1 aliphatic heterocycles. The van der Waals surface area contributed by atoms with E-state index in [-0.39, 0.29) is 24.8 Å². The molecule has 1 aromatic rings. The van der Waals surface area contributed by atoms with E-state index in [1.54, 1.807) is 6.07 Å². The van der Waals surface area contributed by atoms with Gasteiger partial charge < -0.3 is 25.4 Å². The Morgan fingerprint density at radius 2 is 2.12 bits per heavy atom. The molecule has 0 bridgehead atoms. The largest absolute Gasteiger partial charge is 0.573 e. The molecule has 1 unspecified atom stereocenters. The van der Waals surface area contributed by atoms with E-state index < -0.39 is 18.4 Å². The Morgan fingerprint density at radius 1 is 1.36 bits per heavy atom. The first-order chi connectivity index (χ1) is 11.7. The molecule has 138 valence electrons. The second kappa shape index (κ2) is 7.95. The molecule has 0 spiro atoms. The first-order valence-electron chi connectivity index (χ1n) is 7.60. The van der Waals surface area contributed by atoms with Crippen molar-refractivity contribution >= 4 is 17.7 Å². The predicted molar refractivity (Wildman–Crippen MR) is 82.5 cm³/mol. The third kappa shape index (κ3) is 6.40. The summed E-state index contributed by atoms with van der Waals surface area (Å²) >= 11 is 0. The lowest BCUT2D eigenvalue weighted by atomic mass is 10.2. The number of rotatable bonds is 6. The Bertz CT molecular complexity index is 624. The molecule has 25 heavy (non-hydrogen) atoms. The molecular formula is C15H18F3N3O4. The molecule has 1 fully saturated rings. The van der Waals surface area contributed by atoms with Crippen LogP contribution >= 0.6 is 0 Å². The third-order valence-electron chi connectivity index (χ3n) is 3.56. The van der Waals surface area contributed by atoms with Gasteiger partial charge in [-0.05, 0) is 18.6 Å². The van der Waals surface area contributed by atoms with Crippen LogP contribution in [0.2, 0.25) is 0 Å². The zero-order chi connectivity index (χ0) is 18.4. The Hall–Kier alpha value is -2.65. The van der Waals surface area contributed by atoms with Crippen molar-refractivity contribution in [1.82, 2.24) is 10.6 Å². The number of amides is 2. The second-order valence-electron chi connectivity index (χ2n) is 5.52. The summed E-state index contributed by atoms with van der Waals surface area (Å²) in [4.78, 5) is 23.9. The van der Waals surface area contributed by atoms with Gasteiger partial charge >= 0.3 is 18.4 Å². The number of anilines is 1. The average Bonchev–Trinajstić information content (AvgIpc) is 2.93. The van der Waals surface area contributed by atoms with Crippen molar-refractivity contribution in [2.24, 2.45) is 0 Å². The maximum Gasteiger partial charge on any atom is 0.573 e. The number of nitrogens with zero attached hydrogens (tertiary/aromatic N) is 1. The van der Waals surface area contributed by atoms with Crippen LogP contribution in [0.5, 0.6) is 5.75 Å². The van der Waals surface area contributed by atoms with Gasteiger partial charge in [0, 0.05) is 37.4 Å². The Balaban J connectivity index is 1.85. The van der Waals surface area contributed by atoms with Gasteiger partial charge in [0.2, 0.25) is 0 Å². The fourth-order valence-corrected chi connectivity index (χ4v) is 2.51. The van der Waals surface area contributed by atoms with E-state index >= 15 is 0 Å². The van der Waals surface area contributed by atoms with E-state index in [4.69, 9.17) is 5.11 Å². The molecule has 1 aliphatic rings. The number of hydrogen-bond donors (Lipinski definition) is 3. The SMILES string of the molecule is O=C(O)CCNC(=O)NC1CCN(c2cccc(OC(F)(F)F)c2)C1. The van der Waals surface area contributed by atoms with Crippen molar-refractivity contribution in [1.29, 1.82) is 0 Å². The molecule has 0 radical (unpaired) electrons. The number of benzene rings is 1. The number of aliphatic carboxylic acids is 1. The normalized spacial score (nSPS) is 17.2. The number of halogens is 3. The highest BCUT2D eigenvalue weighted by molar-refractivity contribution is 5.75. The molecule has 1 heterocycles. The summed E-state index contributed by atoms with van der Waals surface area (Å²) < 4.78 is 40.7. The summed E-state index contributed by atoms with van der Waals surface area (Å²) in [6.45, 7) is 1.02. The van der Waals surface area contributed by atoms with Crippen molar-refractivity contribution in [2.75, 3.05) is 24.5 Å². The van der Waals surface area contributed by atoms with Crippen LogP contribution in [-0.2, 0) is 4.79 Å². The quantitative estimate of drug-likeness (QED) is 0.720. The van der Waals surface area contributed by atoms with Gasteiger partial charge in [0.1, 0.15) is 5.75 Å². The first-order valence-corrected chi connectivity index (χ1v) is 7.60. The summed E-state index contributed by atoms with van der Waals surface area (Å²) in [5, 5.41) is 13.7. The number of ether oxygens (including phenoxy) is 1. The number of urea groups is 1. The lowest BCUT2D eigenvalue weighted by Gasteiger charge is -2.20. The van der Waals surface area contributed by atoms with E-state index in [1.807, 2.05) is 4.90 Å². The van der Waals surface area contributed by atoms with E-state index in [1.165, 1.54) is 18.2 Å². The number of carboxylic acids is 1.